The van der Waals surface area contributed by atoms with Crippen molar-refractivity contribution in [1.82, 2.24) is 25.0 Å². The highest BCUT2D eigenvalue weighted by Gasteiger charge is 2.17. The number of H-pyrrole nitrogens is 1. The second-order valence-electron chi connectivity index (χ2n) is 5.37. The van der Waals surface area contributed by atoms with Crippen molar-refractivity contribution in [2.45, 2.75) is 39.2 Å². The maximum Gasteiger partial charge on any atom is 0.227 e. The minimum atomic E-state index is -0.0949. The van der Waals surface area contributed by atoms with Crippen LogP contribution in [0.4, 0.5) is 5.82 Å². The lowest BCUT2D eigenvalue weighted by Gasteiger charge is -2.14. The number of carbonyl (C=O) groups excluding carboxylic acids is 1. The van der Waals surface area contributed by atoms with E-state index in [0.29, 0.717) is 18.8 Å². The van der Waals surface area contributed by atoms with Gasteiger partial charge in [-0.25, -0.2) is 4.98 Å². The van der Waals surface area contributed by atoms with Crippen molar-refractivity contribution in [3.05, 3.63) is 24.4 Å². The molecule has 2 rings (SSSR count). The summed E-state index contributed by atoms with van der Waals surface area (Å²) in [6.07, 6.45) is 3.36. The van der Waals surface area contributed by atoms with E-state index < -0.39 is 0 Å². The normalized spacial score (nSPS) is 11.5. The molecule has 0 saturated carbocycles. The largest absolute Gasteiger partial charge is 0.309 e. The molecule has 0 aliphatic heterocycles. The summed E-state index contributed by atoms with van der Waals surface area (Å²) < 4.78 is 1.62. The van der Waals surface area contributed by atoms with Gasteiger partial charge in [-0.15, -0.1) is 0 Å². The van der Waals surface area contributed by atoms with Gasteiger partial charge in [0.25, 0.3) is 0 Å². The van der Waals surface area contributed by atoms with E-state index in [1.807, 2.05) is 6.07 Å². The molecule has 7 heteroatoms. The van der Waals surface area contributed by atoms with Crippen molar-refractivity contribution in [2.24, 2.45) is 0 Å². The zero-order valence-electron chi connectivity index (χ0n) is 11.3. The number of nitrogens with zero attached hydrogens (tertiary/aromatic N) is 4. The van der Waals surface area contributed by atoms with Gasteiger partial charge in [0.1, 0.15) is 12.7 Å². The maximum absolute atomic E-state index is 11.7. The fraction of sp³-hybridized carbons (Fsp3) is 0.500. The van der Waals surface area contributed by atoms with Crippen LogP contribution in [0, 0.1) is 0 Å². The topological polar surface area (TPSA) is 88.5 Å². The summed E-state index contributed by atoms with van der Waals surface area (Å²) >= 11 is 0. The molecule has 2 heterocycles. The molecule has 0 bridgehead atoms. The second-order valence-corrected chi connectivity index (χ2v) is 5.37. The lowest BCUT2D eigenvalue weighted by molar-refractivity contribution is -0.116. The minimum absolute atomic E-state index is 0.0172. The lowest BCUT2D eigenvalue weighted by Crippen LogP contribution is -2.15. The van der Waals surface area contributed by atoms with E-state index in [1.165, 1.54) is 6.33 Å². The van der Waals surface area contributed by atoms with E-state index in [-0.39, 0.29) is 11.3 Å². The van der Waals surface area contributed by atoms with Gasteiger partial charge < -0.3 is 5.32 Å². The summed E-state index contributed by atoms with van der Waals surface area (Å²) in [4.78, 5) is 15.6. The Bertz CT molecular complexity index is 537. The first-order valence-electron chi connectivity index (χ1n) is 6.13. The summed E-state index contributed by atoms with van der Waals surface area (Å²) in [7, 11) is 0. The van der Waals surface area contributed by atoms with Crippen LogP contribution in [0.2, 0.25) is 0 Å². The Balaban J connectivity index is 1.87. The monoisotopic (exact) mass is 262 g/mol. The molecule has 0 spiro atoms. The molecule has 0 unspecified atom stereocenters. The van der Waals surface area contributed by atoms with Crippen LogP contribution in [-0.4, -0.2) is 30.9 Å². The lowest BCUT2D eigenvalue weighted by atomic mass is 9.92. The third kappa shape index (κ3) is 3.64. The van der Waals surface area contributed by atoms with Crippen LogP contribution in [0.25, 0.3) is 0 Å². The number of carbonyl (C=O) groups is 1. The van der Waals surface area contributed by atoms with Gasteiger partial charge in [-0.05, 0) is 0 Å². The molecule has 1 amide bonds. The first-order valence-corrected chi connectivity index (χ1v) is 6.13. The third-order valence-electron chi connectivity index (χ3n) is 2.69. The average Bonchev–Trinajstić information content (AvgIpc) is 2.95. The molecule has 19 heavy (non-hydrogen) atoms. The van der Waals surface area contributed by atoms with Gasteiger partial charge in [-0.3, -0.25) is 14.6 Å². The Morgan fingerprint density at radius 3 is 2.84 bits per heavy atom. The van der Waals surface area contributed by atoms with E-state index in [9.17, 15) is 4.79 Å². The van der Waals surface area contributed by atoms with Gasteiger partial charge in [0, 0.05) is 23.6 Å². The molecule has 0 saturated heterocycles. The molecule has 0 fully saturated rings. The molecular weight excluding hydrogens is 244 g/mol. The Morgan fingerprint density at radius 2 is 2.26 bits per heavy atom. The maximum atomic E-state index is 11.7. The fourth-order valence-electron chi connectivity index (χ4n) is 1.54. The molecule has 102 valence electrons. The molecule has 0 aromatic carbocycles. The fourth-order valence-corrected chi connectivity index (χ4v) is 1.54. The number of aromatic nitrogens is 5. The van der Waals surface area contributed by atoms with Gasteiger partial charge in [0.05, 0.1) is 6.54 Å². The summed E-state index contributed by atoms with van der Waals surface area (Å²) in [6.45, 7) is 6.74. The molecule has 0 aliphatic carbocycles. The highest BCUT2D eigenvalue weighted by atomic mass is 16.1. The number of aromatic amines is 1. The number of rotatable bonds is 4. The Kier molecular flexibility index (Phi) is 3.64. The van der Waals surface area contributed by atoms with Crippen LogP contribution in [0.3, 0.4) is 0 Å². The van der Waals surface area contributed by atoms with Crippen molar-refractivity contribution >= 4 is 11.7 Å². The zero-order valence-corrected chi connectivity index (χ0v) is 11.3. The van der Waals surface area contributed by atoms with Crippen LogP contribution in [0.5, 0.6) is 0 Å². The van der Waals surface area contributed by atoms with Crippen molar-refractivity contribution < 1.29 is 4.79 Å². The third-order valence-corrected chi connectivity index (χ3v) is 2.69. The highest BCUT2D eigenvalue weighted by molar-refractivity contribution is 5.89. The quantitative estimate of drug-likeness (QED) is 0.870. The number of hydrogen-bond acceptors (Lipinski definition) is 4. The number of aryl methyl sites for hydroxylation is 1. The van der Waals surface area contributed by atoms with Crippen molar-refractivity contribution in [3.63, 3.8) is 0 Å². The van der Waals surface area contributed by atoms with Gasteiger partial charge in [-0.1, -0.05) is 20.8 Å². The van der Waals surface area contributed by atoms with Crippen molar-refractivity contribution in [1.29, 1.82) is 0 Å². The van der Waals surface area contributed by atoms with E-state index in [1.54, 1.807) is 11.0 Å². The molecule has 2 aromatic heterocycles. The van der Waals surface area contributed by atoms with E-state index in [4.69, 9.17) is 0 Å². The molecule has 2 aromatic rings. The summed E-state index contributed by atoms with van der Waals surface area (Å²) in [6, 6.07) is 1.85. The molecule has 0 radical (unpaired) electrons. The van der Waals surface area contributed by atoms with Crippen LogP contribution in [0.15, 0.2) is 18.7 Å². The van der Waals surface area contributed by atoms with Gasteiger partial charge in [0.15, 0.2) is 5.82 Å². The first-order chi connectivity index (χ1) is 8.95. The van der Waals surface area contributed by atoms with E-state index >= 15 is 0 Å². The van der Waals surface area contributed by atoms with E-state index in [2.05, 4.69) is 46.4 Å². The van der Waals surface area contributed by atoms with Gasteiger partial charge in [-0.2, -0.15) is 10.2 Å². The van der Waals surface area contributed by atoms with Gasteiger partial charge in [0.2, 0.25) is 5.91 Å². The number of nitrogens with one attached hydrogen (secondary N) is 2. The van der Waals surface area contributed by atoms with E-state index in [0.717, 1.165) is 5.69 Å². The zero-order chi connectivity index (χ0) is 13.9. The van der Waals surface area contributed by atoms with Gasteiger partial charge >= 0.3 is 0 Å². The highest BCUT2D eigenvalue weighted by Crippen LogP contribution is 2.21. The molecule has 7 nitrogen and oxygen atoms in total. The second kappa shape index (κ2) is 5.21. The standard InChI is InChI=1S/C12H18N6O/c1-12(2,3)9-6-10(17-16-9)15-11(19)4-5-18-8-13-7-14-18/h6-8H,4-5H2,1-3H3,(H2,15,16,17,19). The summed E-state index contributed by atoms with van der Waals surface area (Å²) in [5.41, 5.74) is 0.968. The predicted octanol–water partition coefficient (Wildman–Crippen LogP) is 1.33. The smallest absolute Gasteiger partial charge is 0.227 e. The molecule has 0 atom stereocenters. The van der Waals surface area contributed by atoms with Crippen LogP contribution in [-0.2, 0) is 16.8 Å². The first kappa shape index (κ1) is 13.3. The van der Waals surface area contributed by atoms with Crippen LogP contribution >= 0.6 is 0 Å². The van der Waals surface area contributed by atoms with Crippen LogP contribution in [0.1, 0.15) is 32.9 Å². The van der Waals surface area contributed by atoms with Crippen molar-refractivity contribution in [2.75, 3.05) is 5.32 Å². The number of hydrogen-bond donors (Lipinski definition) is 2. The molecule has 0 aliphatic rings. The number of amides is 1. The Labute approximate surface area is 111 Å². The predicted molar refractivity (Wildman–Crippen MR) is 70.6 cm³/mol. The Hall–Kier alpha value is -2.18. The summed E-state index contributed by atoms with van der Waals surface area (Å²) in [5, 5.41) is 13.7. The SMILES string of the molecule is CC(C)(C)c1cc(NC(=O)CCn2cncn2)n[nH]1. The molecule has 2 N–H and O–H groups in total. The Morgan fingerprint density at radius 1 is 1.47 bits per heavy atom. The number of anilines is 1. The average molecular weight is 262 g/mol. The van der Waals surface area contributed by atoms with Crippen molar-refractivity contribution in [3.8, 4) is 0 Å². The minimum Gasteiger partial charge on any atom is -0.309 e. The molecular formula is C12H18N6O. The summed E-state index contributed by atoms with van der Waals surface area (Å²) in [5.74, 6) is 0.455. The van der Waals surface area contributed by atoms with Crippen LogP contribution < -0.4 is 5.32 Å².